The molecule has 1 saturated heterocycles. The van der Waals surface area contributed by atoms with Crippen LogP contribution in [0.15, 0.2) is 0 Å². The van der Waals surface area contributed by atoms with E-state index in [0.29, 0.717) is 31.2 Å². The summed E-state index contributed by atoms with van der Waals surface area (Å²) in [5, 5.41) is 8.86. The van der Waals surface area contributed by atoms with Gasteiger partial charge in [-0.05, 0) is 25.2 Å². The molecule has 4 nitrogen and oxygen atoms in total. The average Bonchev–Trinajstić information content (AvgIpc) is 2.20. The van der Waals surface area contributed by atoms with Crippen LogP contribution in [0.2, 0.25) is 0 Å². The van der Waals surface area contributed by atoms with Crippen LogP contribution in [-0.2, 0) is 10.0 Å². The number of hydrogen-bond acceptors (Lipinski definition) is 3. The highest BCUT2D eigenvalue weighted by molar-refractivity contribution is 7.89. The Morgan fingerprint density at radius 1 is 1.40 bits per heavy atom. The van der Waals surface area contributed by atoms with E-state index in [4.69, 9.17) is 5.11 Å². The Hall–Kier alpha value is -0.130. The highest BCUT2D eigenvalue weighted by atomic mass is 32.2. The summed E-state index contributed by atoms with van der Waals surface area (Å²) in [5.41, 5.74) is 0. The van der Waals surface area contributed by atoms with Crippen molar-refractivity contribution in [1.29, 1.82) is 0 Å². The van der Waals surface area contributed by atoms with E-state index in [2.05, 4.69) is 0 Å². The third-order valence-corrected chi connectivity index (χ3v) is 4.95. The van der Waals surface area contributed by atoms with Crippen LogP contribution in [0.1, 0.15) is 32.6 Å². The van der Waals surface area contributed by atoms with Crippen molar-refractivity contribution >= 4 is 10.0 Å². The van der Waals surface area contributed by atoms with Gasteiger partial charge in [0.1, 0.15) is 0 Å². The number of nitrogens with zero attached hydrogens (tertiary/aromatic N) is 1. The maximum atomic E-state index is 11.7. The Morgan fingerprint density at radius 2 is 2.13 bits per heavy atom. The van der Waals surface area contributed by atoms with Crippen LogP contribution in [0.25, 0.3) is 0 Å². The SMILES string of the molecule is CCC(CCO)CN1CCCCS1(=O)=O. The molecular weight excluding hydrogens is 214 g/mol. The van der Waals surface area contributed by atoms with Gasteiger partial charge >= 0.3 is 0 Å². The van der Waals surface area contributed by atoms with Gasteiger partial charge in [0.2, 0.25) is 10.0 Å². The molecule has 1 heterocycles. The summed E-state index contributed by atoms with van der Waals surface area (Å²) in [6.07, 6.45) is 3.37. The lowest BCUT2D eigenvalue weighted by Gasteiger charge is -2.29. The summed E-state index contributed by atoms with van der Waals surface area (Å²) in [6.45, 7) is 3.42. The van der Waals surface area contributed by atoms with E-state index in [-0.39, 0.29) is 6.61 Å². The molecule has 1 N–H and O–H groups in total. The fourth-order valence-electron chi connectivity index (χ4n) is 1.94. The van der Waals surface area contributed by atoms with Gasteiger partial charge in [0, 0.05) is 19.7 Å². The predicted octanol–water partition coefficient (Wildman–Crippen LogP) is 0.821. The first-order valence-corrected chi connectivity index (χ1v) is 7.29. The molecule has 0 bridgehead atoms. The summed E-state index contributed by atoms with van der Waals surface area (Å²) in [5.74, 6) is 0.589. The molecular formula is C10H21NO3S. The summed E-state index contributed by atoms with van der Waals surface area (Å²) in [7, 11) is -3.00. The molecule has 0 saturated carbocycles. The Morgan fingerprint density at radius 3 is 2.67 bits per heavy atom. The van der Waals surface area contributed by atoms with Crippen LogP contribution < -0.4 is 0 Å². The zero-order valence-corrected chi connectivity index (χ0v) is 10.2. The summed E-state index contributed by atoms with van der Waals surface area (Å²) in [6, 6.07) is 0. The number of rotatable bonds is 5. The topological polar surface area (TPSA) is 57.6 Å². The highest BCUT2D eigenvalue weighted by Crippen LogP contribution is 2.18. The van der Waals surface area contributed by atoms with Crippen molar-refractivity contribution in [3.05, 3.63) is 0 Å². The van der Waals surface area contributed by atoms with E-state index in [1.165, 1.54) is 0 Å². The highest BCUT2D eigenvalue weighted by Gasteiger charge is 2.27. The first-order chi connectivity index (χ1) is 7.10. The first kappa shape index (κ1) is 12.9. The van der Waals surface area contributed by atoms with Crippen LogP contribution >= 0.6 is 0 Å². The molecule has 0 aromatic carbocycles. The normalized spacial score (nSPS) is 23.9. The van der Waals surface area contributed by atoms with Gasteiger partial charge in [-0.3, -0.25) is 0 Å². The van der Waals surface area contributed by atoms with E-state index in [1.807, 2.05) is 6.92 Å². The molecule has 1 unspecified atom stereocenters. The Bertz CT molecular complexity index is 276. The van der Waals surface area contributed by atoms with E-state index in [0.717, 1.165) is 19.3 Å². The monoisotopic (exact) mass is 235 g/mol. The fourth-order valence-corrected chi connectivity index (χ4v) is 3.61. The average molecular weight is 235 g/mol. The molecule has 15 heavy (non-hydrogen) atoms. The van der Waals surface area contributed by atoms with Gasteiger partial charge in [-0.15, -0.1) is 0 Å². The lowest BCUT2D eigenvalue weighted by Crippen LogP contribution is -2.40. The van der Waals surface area contributed by atoms with Crippen molar-refractivity contribution in [1.82, 2.24) is 4.31 Å². The molecule has 1 fully saturated rings. The second-order valence-electron chi connectivity index (χ2n) is 4.17. The van der Waals surface area contributed by atoms with E-state index in [9.17, 15) is 8.42 Å². The Balaban J connectivity index is 2.54. The van der Waals surface area contributed by atoms with Crippen LogP contribution in [-0.4, -0.2) is 43.3 Å². The van der Waals surface area contributed by atoms with Gasteiger partial charge in [0.15, 0.2) is 0 Å². The van der Waals surface area contributed by atoms with E-state index in [1.54, 1.807) is 4.31 Å². The Kier molecular flexibility index (Phi) is 5.02. The predicted molar refractivity (Wildman–Crippen MR) is 60.1 cm³/mol. The maximum Gasteiger partial charge on any atom is 0.214 e. The minimum atomic E-state index is -3.00. The number of sulfonamides is 1. The van der Waals surface area contributed by atoms with Gasteiger partial charge in [-0.25, -0.2) is 12.7 Å². The minimum absolute atomic E-state index is 0.145. The largest absolute Gasteiger partial charge is 0.396 e. The van der Waals surface area contributed by atoms with Gasteiger partial charge in [-0.2, -0.15) is 0 Å². The zero-order valence-electron chi connectivity index (χ0n) is 9.35. The van der Waals surface area contributed by atoms with Crippen molar-refractivity contribution in [3.8, 4) is 0 Å². The molecule has 0 radical (unpaired) electrons. The van der Waals surface area contributed by atoms with Crippen molar-refractivity contribution in [2.75, 3.05) is 25.4 Å². The zero-order chi connectivity index (χ0) is 11.3. The van der Waals surface area contributed by atoms with Crippen molar-refractivity contribution in [3.63, 3.8) is 0 Å². The summed E-state index contributed by atoms with van der Waals surface area (Å²) < 4.78 is 25.0. The quantitative estimate of drug-likeness (QED) is 0.767. The summed E-state index contributed by atoms with van der Waals surface area (Å²) in [4.78, 5) is 0. The van der Waals surface area contributed by atoms with E-state index < -0.39 is 10.0 Å². The summed E-state index contributed by atoms with van der Waals surface area (Å²) >= 11 is 0. The Labute approximate surface area is 92.3 Å². The second-order valence-corrected chi connectivity index (χ2v) is 6.26. The fraction of sp³-hybridized carbons (Fsp3) is 1.00. The second kappa shape index (κ2) is 5.82. The molecule has 0 aliphatic carbocycles. The van der Waals surface area contributed by atoms with Crippen molar-refractivity contribution in [2.45, 2.75) is 32.6 Å². The van der Waals surface area contributed by atoms with Crippen molar-refractivity contribution < 1.29 is 13.5 Å². The molecule has 1 rings (SSSR count). The number of hydrogen-bond donors (Lipinski definition) is 1. The third kappa shape index (κ3) is 3.74. The molecule has 1 aliphatic rings. The van der Waals surface area contributed by atoms with Gasteiger partial charge in [0.25, 0.3) is 0 Å². The number of aliphatic hydroxyl groups is 1. The molecule has 1 atom stereocenters. The molecule has 1 aliphatic heterocycles. The smallest absolute Gasteiger partial charge is 0.214 e. The van der Waals surface area contributed by atoms with Crippen LogP contribution in [0, 0.1) is 5.92 Å². The lowest BCUT2D eigenvalue weighted by molar-refractivity contribution is 0.230. The van der Waals surface area contributed by atoms with Gasteiger partial charge in [0.05, 0.1) is 5.75 Å². The molecule has 0 amide bonds. The van der Waals surface area contributed by atoms with Crippen LogP contribution in [0.4, 0.5) is 0 Å². The standard InChI is InChI=1S/C10H21NO3S/c1-2-10(5-7-12)9-11-6-3-4-8-15(11,13)14/h10,12H,2-9H2,1H3. The lowest BCUT2D eigenvalue weighted by atomic mass is 10.0. The van der Waals surface area contributed by atoms with Crippen LogP contribution in [0.3, 0.4) is 0 Å². The maximum absolute atomic E-state index is 11.7. The molecule has 90 valence electrons. The van der Waals surface area contributed by atoms with Crippen molar-refractivity contribution in [2.24, 2.45) is 5.92 Å². The van der Waals surface area contributed by atoms with Gasteiger partial charge in [-0.1, -0.05) is 13.3 Å². The molecule has 0 aromatic rings. The molecule has 0 aromatic heterocycles. The number of aliphatic hydroxyl groups excluding tert-OH is 1. The molecule has 0 spiro atoms. The van der Waals surface area contributed by atoms with Gasteiger partial charge < -0.3 is 5.11 Å². The molecule has 5 heteroatoms. The van der Waals surface area contributed by atoms with Crippen LogP contribution in [0.5, 0.6) is 0 Å². The first-order valence-electron chi connectivity index (χ1n) is 5.69. The third-order valence-electron chi connectivity index (χ3n) is 3.03. The minimum Gasteiger partial charge on any atom is -0.396 e. The van der Waals surface area contributed by atoms with E-state index >= 15 is 0 Å².